The maximum Gasteiger partial charge on any atom is 0.305 e. The van der Waals surface area contributed by atoms with E-state index in [2.05, 4.69) is 25.3 Å². The molecule has 0 aliphatic heterocycles. The number of esters is 1. The molecule has 1 aromatic rings. The summed E-state index contributed by atoms with van der Waals surface area (Å²) in [4.78, 5) is 29.8. The van der Waals surface area contributed by atoms with Crippen LogP contribution in [0.25, 0.3) is 0 Å². The number of carbonyl (C=O) groups is 2. The van der Waals surface area contributed by atoms with E-state index in [-0.39, 0.29) is 11.9 Å². The molecule has 0 radical (unpaired) electrons. The summed E-state index contributed by atoms with van der Waals surface area (Å²) in [6.07, 6.45) is 4.53. The Bertz CT molecular complexity index is 451. The van der Waals surface area contributed by atoms with Crippen molar-refractivity contribution in [3.63, 3.8) is 0 Å². The number of carbonyl (C=O) groups excluding carboxylic acids is 2. The fourth-order valence-electron chi connectivity index (χ4n) is 1.59. The highest BCUT2D eigenvalue weighted by atomic mass is 16.5. The van der Waals surface area contributed by atoms with E-state index in [0.29, 0.717) is 18.1 Å². The van der Waals surface area contributed by atoms with Crippen LogP contribution < -0.4 is 10.6 Å². The van der Waals surface area contributed by atoms with Crippen molar-refractivity contribution in [3.8, 4) is 0 Å². The Balaban J connectivity index is 2.21. The molecule has 7 heteroatoms. The van der Waals surface area contributed by atoms with Gasteiger partial charge >= 0.3 is 5.97 Å². The minimum Gasteiger partial charge on any atom is -0.469 e. The zero-order chi connectivity index (χ0) is 14.8. The predicted molar refractivity (Wildman–Crippen MR) is 75.3 cm³/mol. The van der Waals surface area contributed by atoms with Crippen LogP contribution in [0.3, 0.4) is 0 Å². The third kappa shape index (κ3) is 6.67. The molecular formula is C13H20N4O3. The molecule has 0 unspecified atom stereocenters. The number of rotatable bonds is 8. The number of amides is 1. The zero-order valence-electron chi connectivity index (χ0n) is 11.8. The van der Waals surface area contributed by atoms with Gasteiger partial charge < -0.3 is 15.4 Å². The van der Waals surface area contributed by atoms with E-state index in [1.54, 1.807) is 6.07 Å². The van der Waals surface area contributed by atoms with Gasteiger partial charge in [0.1, 0.15) is 18.0 Å². The number of hydrogen-bond donors (Lipinski definition) is 2. The smallest absolute Gasteiger partial charge is 0.305 e. The third-order valence-electron chi connectivity index (χ3n) is 2.56. The molecule has 20 heavy (non-hydrogen) atoms. The summed E-state index contributed by atoms with van der Waals surface area (Å²) in [7, 11) is 1.39. The highest BCUT2D eigenvalue weighted by Crippen LogP contribution is 2.09. The molecule has 0 bridgehead atoms. The molecule has 2 N–H and O–H groups in total. The Kier molecular flexibility index (Phi) is 7.02. The molecular weight excluding hydrogens is 260 g/mol. The van der Waals surface area contributed by atoms with Crippen molar-refractivity contribution in [1.82, 2.24) is 9.97 Å². The molecule has 0 spiro atoms. The Hall–Kier alpha value is -2.18. The van der Waals surface area contributed by atoms with Crippen molar-refractivity contribution in [3.05, 3.63) is 12.4 Å². The Morgan fingerprint density at radius 2 is 1.95 bits per heavy atom. The first kappa shape index (κ1) is 15.9. The topological polar surface area (TPSA) is 93.2 Å². The lowest BCUT2D eigenvalue weighted by atomic mass is 10.2. The van der Waals surface area contributed by atoms with E-state index in [1.807, 2.05) is 0 Å². The first-order chi connectivity index (χ1) is 9.61. The van der Waals surface area contributed by atoms with Crippen molar-refractivity contribution in [2.75, 3.05) is 24.3 Å². The maximum absolute atomic E-state index is 10.9. The van der Waals surface area contributed by atoms with Crippen LogP contribution in [-0.2, 0) is 14.3 Å². The van der Waals surface area contributed by atoms with Gasteiger partial charge in [0, 0.05) is 26.0 Å². The normalized spacial score (nSPS) is 9.90. The van der Waals surface area contributed by atoms with Gasteiger partial charge in [0.2, 0.25) is 5.91 Å². The molecule has 1 rings (SSSR count). The van der Waals surface area contributed by atoms with Crippen LogP contribution in [0.4, 0.5) is 11.6 Å². The molecule has 0 aliphatic rings. The van der Waals surface area contributed by atoms with Crippen molar-refractivity contribution in [1.29, 1.82) is 0 Å². The monoisotopic (exact) mass is 280 g/mol. The number of methoxy groups -OCH3 is 1. The summed E-state index contributed by atoms with van der Waals surface area (Å²) in [6, 6.07) is 1.68. The summed E-state index contributed by atoms with van der Waals surface area (Å²) in [6.45, 7) is 2.17. The van der Waals surface area contributed by atoms with Gasteiger partial charge in [0.05, 0.1) is 7.11 Å². The Morgan fingerprint density at radius 3 is 2.65 bits per heavy atom. The first-order valence-electron chi connectivity index (χ1n) is 6.52. The van der Waals surface area contributed by atoms with Gasteiger partial charge in [-0.15, -0.1) is 0 Å². The number of nitrogens with one attached hydrogen (secondary N) is 2. The van der Waals surface area contributed by atoms with Crippen LogP contribution in [0.2, 0.25) is 0 Å². The molecule has 0 fully saturated rings. The number of unbranched alkanes of at least 4 members (excludes halogenated alkanes) is 2. The SMILES string of the molecule is COC(=O)CCCCCNc1cc(NC(C)=O)ncn1. The van der Waals surface area contributed by atoms with Crippen molar-refractivity contribution < 1.29 is 14.3 Å². The molecule has 7 nitrogen and oxygen atoms in total. The quantitative estimate of drug-likeness (QED) is 0.554. The molecule has 1 heterocycles. The summed E-state index contributed by atoms with van der Waals surface area (Å²) < 4.78 is 4.56. The van der Waals surface area contributed by atoms with E-state index in [1.165, 1.54) is 20.4 Å². The minimum absolute atomic E-state index is 0.169. The molecule has 110 valence electrons. The van der Waals surface area contributed by atoms with Crippen LogP contribution in [-0.4, -0.2) is 35.5 Å². The minimum atomic E-state index is -0.172. The van der Waals surface area contributed by atoms with Gasteiger partial charge in [-0.25, -0.2) is 9.97 Å². The lowest BCUT2D eigenvalue weighted by Crippen LogP contribution is -2.09. The molecule has 1 aromatic heterocycles. The van der Waals surface area contributed by atoms with Gasteiger partial charge in [-0.05, 0) is 12.8 Å². The van der Waals surface area contributed by atoms with E-state index in [4.69, 9.17) is 0 Å². The maximum atomic E-state index is 10.9. The van der Waals surface area contributed by atoms with Crippen LogP contribution in [0, 0.1) is 0 Å². The van der Waals surface area contributed by atoms with E-state index in [0.717, 1.165) is 25.8 Å². The van der Waals surface area contributed by atoms with Gasteiger partial charge in [-0.1, -0.05) is 6.42 Å². The van der Waals surface area contributed by atoms with Crippen LogP contribution in [0.5, 0.6) is 0 Å². The molecule has 1 amide bonds. The third-order valence-corrected chi connectivity index (χ3v) is 2.56. The average Bonchev–Trinajstić information content (AvgIpc) is 2.42. The summed E-state index contributed by atoms with van der Waals surface area (Å²) in [5.74, 6) is 0.795. The molecule has 0 aliphatic carbocycles. The standard InChI is InChI=1S/C13H20N4O3/c1-10(18)17-12-8-11(15-9-16-12)14-7-5-3-4-6-13(19)20-2/h8-9H,3-7H2,1-2H3,(H2,14,15,16,17,18). The second kappa shape index (κ2) is 8.84. The van der Waals surface area contributed by atoms with Gasteiger partial charge in [-0.3, -0.25) is 9.59 Å². The average molecular weight is 280 g/mol. The number of nitrogens with zero attached hydrogens (tertiary/aromatic N) is 2. The highest BCUT2D eigenvalue weighted by Gasteiger charge is 2.01. The second-order valence-corrected chi connectivity index (χ2v) is 4.28. The Labute approximate surface area is 118 Å². The van der Waals surface area contributed by atoms with Crippen LogP contribution in [0.15, 0.2) is 12.4 Å². The lowest BCUT2D eigenvalue weighted by Gasteiger charge is -2.07. The van der Waals surface area contributed by atoms with Gasteiger partial charge in [-0.2, -0.15) is 0 Å². The summed E-state index contributed by atoms with van der Waals surface area (Å²) >= 11 is 0. The highest BCUT2D eigenvalue weighted by molar-refractivity contribution is 5.87. The van der Waals surface area contributed by atoms with Crippen molar-refractivity contribution in [2.45, 2.75) is 32.6 Å². The van der Waals surface area contributed by atoms with E-state index in [9.17, 15) is 9.59 Å². The van der Waals surface area contributed by atoms with Crippen LogP contribution in [0.1, 0.15) is 32.6 Å². The van der Waals surface area contributed by atoms with Crippen molar-refractivity contribution >= 4 is 23.5 Å². The summed E-state index contributed by atoms with van der Waals surface area (Å²) in [5, 5.41) is 5.74. The molecule has 0 saturated heterocycles. The molecule has 0 atom stereocenters. The van der Waals surface area contributed by atoms with Crippen molar-refractivity contribution in [2.24, 2.45) is 0 Å². The number of anilines is 2. The zero-order valence-corrected chi connectivity index (χ0v) is 11.8. The predicted octanol–water partition coefficient (Wildman–Crippen LogP) is 1.58. The molecule has 0 aromatic carbocycles. The number of aromatic nitrogens is 2. The van der Waals surface area contributed by atoms with Gasteiger partial charge in [0.15, 0.2) is 0 Å². The number of hydrogen-bond acceptors (Lipinski definition) is 6. The fourth-order valence-corrected chi connectivity index (χ4v) is 1.59. The van der Waals surface area contributed by atoms with E-state index >= 15 is 0 Å². The summed E-state index contributed by atoms with van der Waals surface area (Å²) in [5.41, 5.74) is 0. The van der Waals surface area contributed by atoms with Crippen LogP contribution >= 0.6 is 0 Å². The Morgan fingerprint density at radius 1 is 1.20 bits per heavy atom. The van der Waals surface area contributed by atoms with Gasteiger partial charge in [0.25, 0.3) is 0 Å². The fraction of sp³-hybridized carbons (Fsp3) is 0.538. The number of ether oxygens (including phenoxy) is 1. The first-order valence-corrected chi connectivity index (χ1v) is 6.52. The molecule has 0 saturated carbocycles. The van der Waals surface area contributed by atoms with E-state index < -0.39 is 0 Å². The second-order valence-electron chi connectivity index (χ2n) is 4.28. The largest absolute Gasteiger partial charge is 0.469 e. The lowest BCUT2D eigenvalue weighted by molar-refractivity contribution is -0.140.